The van der Waals surface area contributed by atoms with Gasteiger partial charge < -0.3 is 10.0 Å². The van der Waals surface area contributed by atoms with Crippen LogP contribution >= 0.6 is 0 Å². The van der Waals surface area contributed by atoms with Crippen LogP contribution in [0.4, 0.5) is 0 Å². The summed E-state index contributed by atoms with van der Waals surface area (Å²) < 4.78 is 0. The van der Waals surface area contributed by atoms with Crippen molar-refractivity contribution in [3.63, 3.8) is 0 Å². The molecule has 2 rings (SSSR count). The number of carbonyl (C=O) groups excluding carboxylic acids is 1. The molecule has 3 atom stereocenters. The Morgan fingerprint density at radius 1 is 1.44 bits per heavy atom. The second-order valence-electron chi connectivity index (χ2n) is 5.27. The number of nitrogens with zero attached hydrogens (tertiary/aromatic N) is 1. The second-order valence-corrected chi connectivity index (χ2v) is 5.27. The molecule has 0 aromatic heterocycles. The van der Waals surface area contributed by atoms with Gasteiger partial charge >= 0.3 is 0 Å². The normalized spacial score (nSPS) is 35.8. The zero-order chi connectivity index (χ0) is 11.5. The van der Waals surface area contributed by atoms with Crippen molar-refractivity contribution in [2.45, 2.75) is 64.0 Å². The SMILES string of the molecule is CCCC1CCC(O)CC1N1CCCC1=O. The lowest BCUT2D eigenvalue weighted by atomic mass is 9.79. The lowest BCUT2D eigenvalue weighted by Gasteiger charge is -2.40. The number of likely N-dealkylation sites (tertiary alicyclic amines) is 1. The van der Waals surface area contributed by atoms with Gasteiger partial charge in [-0.05, 0) is 38.0 Å². The number of carbonyl (C=O) groups is 1. The van der Waals surface area contributed by atoms with Gasteiger partial charge in [0, 0.05) is 19.0 Å². The summed E-state index contributed by atoms with van der Waals surface area (Å²) in [6, 6.07) is 0.318. The lowest BCUT2D eigenvalue weighted by Crippen LogP contribution is -2.46. The van der Waals surface area contributed by atoms with Gasteiger partial charge in [-0.3, -0.25) is 4.79 Å². The minimum absolute atomic E-state index is 0.188. The van der Waals surface area contributed by atoms with E-state index in [9.17, 15) is 9.90 Å². The molecule has 1 saturated heterocycles. The summed E-state index contributed by atoms with van der Waals surface area (Å²) in [4.78, 5) is 13.8. The maximum absolute atomic E-state index is 11.8. The monoisotopic (exact) mass is 225 g/mol. The topological polar surface area (TPSA) is 40.5 Å². The number of aliphatic hydroxyl groups is 1. The Morgan fingerprint density at radius 2 is 2.25 bits per heavy atom. The molecule has 1 saturated carbocycles. The highest BCUT2D eigenvalue weighted by atomic mass is 16.3. The van der Waals surface area contributed by atoms with Gasteiger partial charge in [0.2, 0.25) is 5.91 Å². The zero-order valence-corrected chi connectivity index (χ0v) is 10.2. The molecule has 3 nitrogen and oxygen atoms in total. The van der Waals surface area contributed by atoms with Gasteiger partial charge in [-0.25, -0.2) is 0 Å². The number of rotatable bonds is 3. The molecule has 0 aromatic carbocycles. The predicted octanol–water partition coefficient (Wildman–Crippen LogP) is 1.94. The summed E-state index contributed by atoms with van der Waals surface area (Å²) in [6.45, 7) is 3.12. The molecule has 0 bridgehead atoms. The Balaban J connectivity index is 2.04. The van der Waals surface area contributed by atoms with Crippen LogP contribution in [-0.4, -0.2) is 34.6 Å². The van der Waals surface area contributed by atoms with E-state index in [2.05, 4.69) is 6.92 Å². The Bertz CT molecular complexity index is 254. The summed E-state index contributed by atoms with van der Waals surface area (Å²) in [6.07, 6.45) is 6.71. The van der Waals surface area contributed by atoms with E-state index in [1.807, 2.05) is 4.90 Å². The fraction of sp³-hybridized carbons (Fsp3) is 0.923. The largest absolute Gasteiger partial charge is 0.393 e. The van der Waals surface area contributed by atoms with Crippen molar-refractivity contribution in [3.8, 4) is 0 Å². The standard InChI is InChI=1S/C13H23NO2/c1-2-4-10-6-7-11(15)9-12(10)14-8-3-5-13(14)16/h10-12,15H,2-9H2,1H3. The molecule has 1 aliphatic carbocycles. The first kappa shape index (κ1) is 11.9. The van der Waals surface area contributed by atoms with Gasteiger partial charge in [0.25, 0.3) is 0 Å². The third-order valence-electron chi connectivity index (χ3n) is 4.10. The van der Waals surface area contributed by atoms with Crippen LogP contribution in [0.5, 0.6) is 0 Å². The van der Waals surface area contributed by atoms with Crippen molar-refractivity contribution in [3.05, 3.63) is 0 Å². The molecule has 1 heterocycles. The van der Waals surface area contributed by atoms with Crippen LogP contribution in [0.25, 0.3) is 0 Å². The van der Waals surface area contributed by atoms with E-state index in [0.29, 0.717) is 24.3 Å². The molecule has 2 fully saturated rings. The van der Waals surface area contributed by atoms with Gasteiger partial charge in [0.15, 0.2) is 0 Å². The first-order chi connectivity index (χ1) is 7.72. The molecule has 3 unspecified atom stereocenters. The van der Waals surface area contributed by atoms with Crippen molar-refractivity contribution < 1.29 is 9.90 Å². The van der Waals surface area contributed by atoms with Gasteiger partial charge in [-0.2, -0.15) is 0 Å². The highest BCUT2D eigenvalue weighted by Crippen LogP contribution is 2.33. The molecule has 3 heteroatoms. The summed E-state index contributed by atoms with van der Waals surface area (Å²) in [5.74, 6) is 0.927. The molecule has 0 aromatic rings. The van der Waals surface area contributed by atoms with Crippen LogP contribution in [0.3, 0.4) is 0 Å². The van der Waals surface area contributed by atoms with E-state index in [4.69, 9.17) is 0 Å². The maximum Gasteiger partial charge on any atom is 0.222 e. The molecular formula is C13H23NO2. The van der Waals surface area contributed by atoms with Crippen LogP contribution in [-0.2, 0) is 4.79 Å². The number of amides is 1. The minimum atomic E-state index is -0.188. The van der Waals surface area contributed by atoms with Crippen LogP contribution < -0.4 is 0 Å². The minimum Gasteiger partial charge on any atom is -0.393 e. The molecule has 16 heavy (non-hydrogen) atoms. The lowest BCUT2D eigenvalue weighted by molar-refractivity contribution is -0.132. The average molecular weight is 225 g/mol. The van der Waals surface area contributed by atoms with E-state index in [-0.39, 0.29) is 6.10 Å². The van der Waals surface area contributed by atoms with Gasteiger partial charge in [0.1, 0.15) is 0 Å². The molecule has 1 aliphatic heterocycles. The van der Waals surface area contributed by atoms with Gasteiger partial charge in [-0.1, -0.05) is 13.3 Å². The van der Waals surface area contributed by atoms with Crippen LogP contribution in [0.15, 0.2) is 0 Å². The molecule has 92 valence electrons. The first-order valence-electron chi connectivity index (χ1n) is 6.70. The zero-order valence-electron chi connectivity index (χ0n) is 10.2. The summed E-state index contributed by atoms with van der Waals surface area (Å²) in [5.41, 5.74) is 0. The molecule has 2 aliphatic rings. The quantitative estimate of drug-likeness (QED) is 0.797. The number of hydrogen-bond donors (Lipinski definition) is 1. The van der Waals surface area contributed by atoms with Crippen LogP contribution in [0, 0.1) is 5.92 Å². The second kappa shape index (κ2) is 5.17. The Kier molecular flexibility index (Phi) is 3.85. The highest BCUT2D eigenvalue weighted by Gasteiger charge is 2.36. The highest BCUT2D eigenvalue weighted by molar-refractivity contribution is 5.78. The maximum atomic E-state index is 11.8. The fourth-order valence-corrected chi connectivity index (χ4v) is 3.30. The van der Waals surface area contributed by atoms with Gasteiger partial charge in [-0.15, -0.1) is 0 Å². The summed E-state index contributed by atoms with van der Waals surface area (Å²) in [5, 5.41) is 9.77. The Hall–Kier alpha value is -0.570. The number of aliphatic hydroxyl groups excluding tert-OH is 1. The number of hydrogen-bond acceptors (Lipinski definition) is 2. The molecule has 1 N–H and O–H groups in total. The molecular weight excluding hydrogens is 202 g/mol. The van der Waals surface area contributed by atoms with Gasteiger partial charge in [0.05, 0.1) is 6.10 Å². The van der Waals surface area contributed by atoms with E-state index >= 15 is 0 Å². The van der Waals surface area contributed by atoms with Crippen molar-refractivity contribution in [1.82, 2.24) is 4.90 Å². The third kappa shape index (κ3) is 2.40. The average Bonchev–Trinajstić information content (AvgIpc) is 2.67. The van der Waals surface area contributed by atoms with Crippen molar-refractivity contribution in [2.24, 2.45) is 5.92 Å². The van der Waals surface area contributed by atoms with E-state index in [0.717, 1.165) is 32.2 Å². The van der Waals surface area contributed by atoms with Crippen molar-refractivity contribution >= 4 is 5.91 Å². The molecule has 0 spiro atoms. The Labute approximate surface area is 97.8 Å². The third-order valence-corrected chi connectivity index (χ3v) is 4.10. The Morgan fingerprint density at radius 3 is 2.88 bits per heavy atom. The van der Waals surface area contributed by atoms with E-state index < -0.39 is 0 Å². The fourth-order valence-electron chi connectivity index (χ4n) is 3.30. The molecule has 1 amide bonds. The van der Waals surface area contributed by atoms with Crippen molar-refractivity contribution in [2.75, 3.05) is 6.54 Å². The van der Waals surface area contributed by atoms with E-state index in [1.54, 1.807) is 0 Å². The smallest absolute Gasteiger partial charge is 0.222 e. The summed E-state index contributed by atoms with van der Waals surface area (Å²) >= 11 is 0. The van der Waals surface area contributed by atoms with E-state index in [1.165, 1.54) is 12.8 Å². The summed E-state index contributed by atoms with van der Waals surface area (Å²) in [7, 11) is 0. The van der Waals surface area contributed by atoms with Crippen molar-refractivity contribution in [1.29, 1.82) is 0 Å². The predicted molar refractivity (Wildman–Crippen MR) is 63.0 cm³/mol. The van der Waals surface area contributed by atoms with Crippen LogP contribution in [0.1, 0.15) is 51.9 Å². The first-order valence-corrected chi connectivity index (χ1v) is 6.70. The van der Waals surface area contributed by atoms with Crippen LogP contribution in [0.2, 0.25) is 0 Å². The molecule has 0 radical (unpaired) electrons.